The lowest BCUT2D eigenvalue weighted by Gasteiger charge is -2.07. The van der Waals surface area contributed by atoms with E-state index in [0.29, 0.717) is 17.9 Å². The number of aromatic nitrogens is 1. The second-order valence-corrected chi connectivity index (χ2v) is 10.2. The minimum atomic E-state index is -0.293. The molecule has 0 aliphatic carbocycles. The quantitative estimate of drug-likeness (QED) is 0.0953. The standard InChI is InChI=1S/C31H35N3O3S/c1-2-3-4-5-6-7-8-9-22-36-26-17-15-25(16-18-26)31(35)34-33-23-27-19-20-29(37-27)38-28-14-10-12-24-13-11-21-32-30(24)28/h10-21,23H,2-9,22H2,1H3,(H,34,35)/b33-23-. The van der Waals surface area contributed by atoms with E-state index >= 15 is 0 Å². The minimum absolute atomic E-state index is 0.293. The van der Waals surface area contributed by atoms with Crippen LogP contribution in [0.3, 0.4) is 0 Å². The van der Waals surface area contributed by atoms with Gasteiger partial charge in [-0.15, -0.1) is 0 Å². The van der Waals surface area contributed by atoms with Gasteiger partial charge in [-0.05, 0) is 66.7 Å². The maximum atomic E-state index is 12.4. The van der Waals surface area contributed by atoms with Crippen LogP contribution < -0.4 is 10.2 Å². The molecule has 38 heavy (non-hydrogen) atoms. The Labute approximate surface area is 228 Å². The molecule has 4 aromatic rings. The van der Waals surface area contributed by atoms with Crippen molar-refractivity contribution in [3.63, 3.8) is 0 Å². The number of unbranched alkanes of at least 4 members (excludes halogenated alkanes) is 7. The summed E-state index contributed by atoms with van der Waals surface area (Å²) in [6.07, 6.45) is 13.4. The number of benzene rings is 2. The first kappa shape index (κ1) is 27.5. The maximum absolute atomic E-state index is 12.4. The van der Waals surface area contributed by atoms with Crippen LogP contribution >= 0.6 is 11.8 Å². The first-order chi connectivity index (χ1) is 18.7. The van der Waals surface area contributed by atoms with Gasteiger partial charge in [0.2, 0.25) is 0 Å². The molecule has 6 nitrogen and oxygen atoms in total. The van der Waals surface area contributed by atoms with Crippen LogP contribution in [-0.4, -0.2) is 23.7 Å². The van der Waals surface area contributed by atoms with Gasteiger partial charge in [0.15, 0.2) is 5.09 Å². The first-order valence-electron chi connectivity index (χ1n) is 13.4. The number of furan rings is 1. The monoisotopic (exact) mass is 529 g/mol. The molecule has 0 aliphatic heterocycles. The van der Waals surface area contributed by atoms with Crippen LogP contribution in [0.2, 0.25) is 0 Å². The van der Waals surface area contributed by atoms with Crippen LogP contribution in [0.4, 0.5) is 0 Å². The Morgan fingerprint density at radius 3 is 2.53 bits per heavy atom. The van der Waals surface area contributed by atoms with Crippen LogP contribution in [0, 0.1) is 0 Å². The van der Waals surface area contributed by atoms with Gasteiger partial charge in [0.05, 0.1) is 18.3 Å². The molecule has 198 valence electrons. The molecule has 7 heteroatoms. The smallest absolute Gasteiger partial charge is 0.271 e. The van der Waals surface area contributed by atoms with Crippen molar-refractivity contribution in [3.8, 4) is 5.75 Å². The lowest BCUT2D eigenvalue weighted by molar-refractivity contribution is 0.0955. The number of rotatable bonds is 15. The van der Waals surface area contributed by atoms with Gasteiger partial charge in [-0.25, -0.2) is 5.43 Å². The van der Waals surface area contributed by atoms with Gasteiger partial charge in [0.25, 0.3) is 5.91 Å². The second-order valence-electron chi connectivity index (χ2n) is 9.14. The fourth-order valence-electron chi connectivity index (χ4n) is 4.07. The highest BCUT2D eigenvalue weighted by molar-refractivity contribution is 7.99. The molecule has 0 unspecified atom stereocenters. The number of pyridine rings is 1. The van der Waals surface area contributed by atoms with E-state index in [1.54, 1.807) is 18.3 Å². The molecule has 0 atom stereocenters. The molecule has 2 heterocycles. The zero-order chi connectivity index (χ0) is 26.4. The molecule has 1 amide bonds. The van der Waals surface area contributed by atoms with Crippen molar-refractivity contribution in [2.75, 3.05) is 6.61 Å². The second kappa shape index (κ2) is 15.0. The van der Waals surface area contributed by atoms with Crippen molar-refractivity contribution < 1.29 is 13.9 Å². The third-order valence-electron chi connectivity index (χ3n) is 6.15. The van der Waals surface area contributed by atoms with Crippen LogP contribution in [0.1, 0.15) is 74.4 Å². The molecule has 0 aliphatic rings. The summed E-state index contributed by atoms with van der Waals surface area (Å²) < 4.78 is 11.7. The van der Waals surface area contributed by atoms with Gasteiger partial charge in [0, 0.05) is 22.0 Å². The number of para-hydroxylation sites is 1. The average Bonchev–Trinajstić information content (AvgIpc) is 3.39. The van der Waals surface area contributed by atoms with Crippen molar-refractivity contribution in [2.45, 2.75) is 68.3 Å². The number of hydrogen-bond donors (Lipinski definition) is 1. The van der Waals surface area contributed by atoms with E-state index in [1.807, 2.05) is 54.6 Å². The summed E-state index contributed by atoms with van der Waals surface area (Å²) in [5, 5.41) is 5.84. The number of nitrogens with zero attached hydrogens (tertiary/aromatic N) is 2. The summed E-state index contributed by atoms with van der Waals surface area (Å²) in [6, 6.07) is 20.8. The van der Waals surface area contributed by atoms with E-state index in [9.17, 15) is 4.79 Å². The molecular formula is C31H35N3O3S. The number of fused-ring (bicyclic) bond motifs is 1. The van der Waals surface area contributed by atoms with E-state index < -0.39 is 0 Å². The molecule has 0 bridgehead atoms. The Bertz CT molecular complexity index is 1310. The minimum Gasteiger partial charge on any atom is -0.494 e. The van der Waals surface area contributed by atoms with Crippen LogP contribution in [-0.2, 0) is 0 Å². The molecule has 4 rings (SSSR count). The zero-order valence-corrected chi connectivity index (χ0v) is 22.7. The van der Waals surface area contributed by atoms with Gasteiger partial charge in [-0.3, -0.25) is 9.78 Å². The molecule has 0 saturated heterocycles. The highest BCUT2D eigenvalue weighted by Gasteiger charge is 2.08. The molecule has 1 N–H and O–H groups in total. The topological polar surface area (TPSA) is 76.7 Å². The van der Waals surface area contributed by atoms with Crippen molar-refractivity contribution in [2.24, 2.45) is 5.10 Å². The summed E-state index contributed by atoms with van der Waals surface area (Å²) in [5.74, 6) is 1.03. The SMILES string of the molecule is CCCCCCCCCCOc1ccc(C(=O)N/N=C\c2ccc(Sc3cccc4cccnc34)o2)cc1. The van der Waals surface area contributed by atoms with Crippen molar-refractivity contribution in [3.05, 3.63) is 84.3 Å². The van der Waals surface area contributed by atoms with E-state index in [4.69, 9.17) is 9.15 Å². The highest BCUT2D eigenvalue weighted by Crippen LogP contribution is 2.33. The number of hydrazone groups is 1. The number of amides is 1. The average molecular weight is 530 g/mol. The highest BCUT2D eigenvalue weighted by atomic mass is 32.2. The third-order valence-corrected chi connectivity index (χ3v) is 7.12. The predicted molar refractivity (Wildman–Crippen MR) is 154 cm³/mol. The van der Waals surface area contributed by atoms with Gasteiger partial charge in [0.1, 0.15) is 11.5 Å². The molecule has 0 saturated carbocycles. The lowest BCUT2D eigenvalue weighted by Crippen LogP contribution is -2.17. The summed E-state index contributed by atoms with van der Waals surface area (Å²) in [7, 11) is 0. The van der Waals surface area contributed by atoms with Crippen molar-refractivity contribution in [1.82, 2.24) is 10.4 Å². The largest absolute Gasteiger partial charge is 0.494 e. The van der Waals surface area contributed by atoms with E-state index in [-0.39, 0.29) is 5.91 Å². The van der Waals surface area contributed by atoms with Crippen LogP contribution in [0.5, 0.6) is 5.75 Å². The number of nitrogens with one attached hydrogen (secondary N) is 1. The van der Waals surface area contributed by atoms with Crippen LogP contribution in [0.15, 0.2) is 92.4 Å². The van der Waals surface area contributed by atoms with Gasteiger partial charge < -0.3 is 9.15 Å². The van der Waals surface area contributed by atoms with Crippen molar-refractivity contribution >= 4 is 34.8 Å². The van der Waals surface area contributed by atoms with E-state index in [0.717, 1.165) is 33.1 Å². The Morgan fingerprint density at radius 1 is 0.947 bits per heavy atom. The molecule has 0 spiro atoms. The van der Waals surface area contributed by atoms with Gasteiger partial charge in [-0.1, -0.05) is 70.1 Å². The fraction of sp³-hybridized carbons (Fsp3) is 0.323. The predicted octanol–water partition coefficient (Wildman–Crippen LogP) is 8.26. The van der Waals surface area contributed by atoms with E-state index in [1.165, 1.54) is 62.9 Å². The number of carbonyl (C=O) groups is 1. The van der Waals surface area contributed by atoms with Gasteiger partial charge in [-0.2, -0.15) is 5.10 Å². The summed E-state index contributed by atoms with van der Waals surface area (Å²) in [5.41, 5.74) is 4.00. The van der Waals surface area contributed by atoms with E-state index in [2.05, 4.69) is 22.4 Å². The fourth-order valence-corrected chi connectivity index (χ4v) is 4.98. The number of carbonyl (C=O) groups excluding carboxylic acids is 1. The maximum Gasteiger partial charge on any atom is 0.271 e. The van der Waals surface area contributed by atoms with Crippen molar-refractivity contribution in [1.29, 1.82) is 0 Å². The normalized spacial score (nSPS) is 11.3. The molecule has 0 radical (unpaired) electrons. The van der Waals surface area contributed by atoms with Gasteiger partial charge >= 0.3 is 0 Å². The Hall–Kier alpha value is -3.58. The van der Waals surface area contributed by atoms with Crippen LogP contribution in [0.25, 0.3) is 10.9 Å². The Morgan fingerprint density at radius 2 is 1.71 bits per heavy atom. The molecule has 2 aromatic heterocycles. The lowest BCUT2D eigenvalue weighted by atomic mass is 10.1. The Kier molecular flexibility index (Phi) is 10.8. The number of hydrogen-bond acceptors (Lipinski definition) is 6. The molecule has 0 fully saturated rings. The summed E-state index contributed by atoms with van der Waals surface area (Å²) in [4.78, 5) is 17.9. The zero-order valence-electron chi connectivity index (χ0n) is 21.9. The number of ether oxygens (including phenoxy) is 1. The first-order valence-corrected chi connectivity index (χ1v) is 14.2. The summed E-state index contributed by atoms with van der Waals surface area (Å²) in [6.45, 7) is 2.94. The molecule has 2 aromatic carbocycles. The summed E-state index contributed by atoms with van der Waals surface area (Å²) >= 11 is 1.50. The Balaban J connectivity index is 1.18. The third kappa shape index (κ3) is 8.48. The molecular weight excluding hydrogens is 494 g/mol.